The topological polar surface area (TPSA) is 66.5 Å². The van der Waals surface area contributed by atoms with Crippen LogP contribution in [0.3, 0.4) is 0 Å². The van der Waals surface area contributed by atoms with Crippen molar-refractivity contribution in [1.82, 2.24) is 9.62 Å². The third-order valence-corrected chi connectivity index (χ3v) is 8.17. The van der Waals surface area contributed by atoms with Gasteiger partial charge < -0.3 is 5.32 Å². The SMILES string of the molecule is C=CCN(Cc1ccc(C(=O)NC2CC3CCC2C3)cc1)S(=O)(=O)c1ccccc1. The number of nitrogens with zero attached hydrogens (tertiary/aromatic N) is 1. The monoisotopic (exact) mass is 424 g/mol. The van der Waals surface area contributed by atoms with E-state index in [1.807, 2.05) is 12.1 Å². The van der Waals surface area contributed by atoms with Gasteiger partial charge in [-0.15, -0.1) is 6.58 Å². The van der Waals surface area contributed by atoms with Crippen molar-refractivity contribution in [2.75, 3.05) is 6.54 Å². The average molecular weight is 425 g/mol. The first kappa shape index (κ1) is 20.8. The summed E-state index contributed by atoms with van der Waals surface area (Å²) < 4.78 is 27.3. The van der Waals surface area contributed by atoms with Gasteiger partial charge >= 0.3 is 0 Å². The highest BCUT2D eigenvalue weighted by Gasteiger charge is 2.40. The van der Waals surface area contributed by atoms with Gasteiger partial charge in [0.15, 0.2) is 0 Å². The van der Waals surface area contributed by atoms with Crippen LogP contribution in [0.1, 0.15) is 41.6 Å². The van der Waals surface area contributed by atoms with Gasteiger partial charge in [-0.05, 0) is 60.9 Å². The molecule has 2 fully saturated rings. The van der Waals surface area contributed by atoms with E-state index in [0.717, 1.165) is 17.9 Å². The summed E-state index contributed by atoms with van der Waals surface area (Å²) in [6.45, 7) is 4.12. The van der Waals surface area contributed by atoms with E-state index in [2.05, 4.69) is 11.9 Å². The third-order valence-electron chi connectivity index (χ3n) is 6.34. The van der Waals surface area contributed by atoms with Gasteiger partial charge in [-0.1, -0.05) is 42.8 Å². The first-order chi connectivity index (χ1) is 14.5. The van der Waals surface area contributed by atoms with E-state index in [9.17, 15) is 13.2 Å². The minimum Gasteiger partial charge on any atom is -0.349 e. The van der Waals surface area contributed by atoms with Crippen molar-refractivity contribution in [3.05, 3.63) is 78.4 Å². The maximum atomic E-state index is 13.0. The van der Waals surface area contributed by atoms with Crippen molar-refractivity contribution in [2.45, 2.75) is 43.2 Å². The Labute approximate surface area is 178 Å². The predicted octanol–water partition coefficient (Wildman–Crippen LogP) is 3.98. The Morgan fingerprint density at radius 3 is 2.40 bits per heavy atom. The minimum atomic E-state index is -3.63. The van der Waals surface area contributed by atoms with Gasteiger partial charge in [-0.3, -0.25) is 4.79 Å². The molecule has 0 aliphatic heterocycles. The van der Waals surface area contributed by atoms with E-state index in [4.69, 9.17) is 0 Å². The number of carbonyl (C=O) groups excluding carboxylic acids is 1. The molecule has 30 heavy (non-hydrogen) atoms. The number of hydrogen-bond donors (Lipinski definition) is 1. The molecule has 158 valence electrons. The van der Waals surface area contributed by atoms with Crippen molar-refractivity contribution in [3.8, 4) is 0 Å². The fourth-order valence-corrected chi connectivity index (χ4v) is 6.19. The highest BCUT2D eigenvalue weighted by Crippen LogP contribution is 2.44. The number of rotatable bonds is 8. The van der Waals surface area contributed by atoms with Crippen molar-refractivity contribution >= 4 is 15.9 Å². The number of fused-ring (bicyclic) bond motifs is 2. The Morgan fingerprint density at radius 1 is 1.07 bits per heavy atom. The number of amides is 1. The molecule has 3 atom stereocenters. The van der Waals surface area contributed by atoms with Crippen LogP contribution in [-0.2, 0) is 16.6 Å². The zero-order chi connectivity index (χ0) is 21.1. The second kappa shape index (κ2) is 8.74. The lowest BCUT2D eigenvalue weighted by atomic mass is 9.95. The Kier molecular flexibility index (Phi) is 6.06. The van der Waals surface area contributed by atoms with Gasteiger partial charge in [0.05, 0.1) is 4.90 Å². The molecule has 4 rings (SSSR count). The Morgan fingerprint density at radius 2 is 1.80 bits per heavy atom. The number of sulfonamides is 1. The van der Waals surface area contributed by atoms with Gasteiger partial charge in [0.1, 0.15) is 0 Å². The normalized spacial score (nSPS) is 22.9. The third kappa shape index (κ3) is 4.35. The van der Waals surface area contributed by atoms with Crippen molar-refractivity contribution in [2.24, 2.45) is 11.8 Å². The quantitative estimate of drug-likeness (QED) is 0.652. The second-order valence-electron chi connectivity index (χ2n) is 8.35. The van der Waals surface area contributed by atoms with E-state index < -0.39 is 10.0 Å². The van der Waals surface area contributed by atoms with Crippen LogP contribution in [0, 0.1) is 11.8 Å². The number of benzene rings is 2. The lowest BCUT2D eigenvalue weighted by Gasteiger charge is -2.23. The van der Waals surface area contributed by atoms with Gasteiger partial charge in [-0.25, -0.2) is 8.42 Å². The summed E-state index contributed by atoms with van der Waals surface area (Å²) in [6, 6.07) is 15.9. The maximum absolute atomic E-state index is 13.0. The lowest BCUT2D eigenvalue weighted by molar-refractivity contribution is 0.0923. The number of nitrogens with one attached hydrogen (secondary N) is 1. The summed E-state index contributed by atoms with van der Waals surface area (Å²) in [5.41, 5.74) is 1.44. The summed E-state index contributed by atoms with van der Waals surface area (Å²) in [4.78, 5) is 12.9. The molecule has 2 aliphatic rings. The molecule has 2 aromatic carbocycles. The molecule has 1 N–H and O–H groups in total. The summed E-state index contributed by atoms with van der Waals surface area (Å²) >= 11 is 0. The summed E-state index contributed by atoms with van der Waals surface area (Å²) in [7, 11) is -3.63. The standard InChI is InChI=1S/C24H28N2O3S/c1-2-14-26(30(28,29)22-6-4-3-5-7-22)17-18-8-11-20(12-9-18)24(27)25-23-16-19-10-13-21(23)15-19/h2-9,11-12,19,21,23H,1,10,13-17H2,(H,25,27). The second-order valence-corrected chi connectivity index (χ2v) is 10.3. The first-order valence-corrected chi connectivity index (χ1v) is 12.0. The summed E-state index contributed by atoms with van der Waals surface area (Å²) in [5, 5.41) is 3.19. The van der Waals surface area contributed by atoms with Crippen LogP contribution >= 0.6 is 0 Å². The van der Waals surface area contributed by atoms with E-state index in [1.165, 1.54) is 23.6 Å². The Balaban J connectivity index is 1.43. The molecule has 1 amide bonds. The Hall–Kier alpha value is -2.44. The summed E-state index contributed by atoms with van der Waals surface area (Å²) in [6.07, 6.45) is 6.46. The van der Waals surface area contributed by atoms with Gasteiger partial charge in [0.2, 0.25) is 10.0 Å². The van der Waals surface area contributed by atoms with Crippen molar-refractivity contribution < 1.29 is 13.2 Å². The fraction of sp³-hybridized carbons (Fsp3) is 0.375. The molecular formula is C24H28N2O3S. The lowest BCUT2D eigenvalue weighted by Crippen LogP contribution is -2.38. The molecule has 0 spiro atoms. The van der Waals surface area contributed by atoms with E-state index in [1.54, 1.807) is 48.5 Å². The van der Waals surface area contributed by atoms with Crippen LogP contribution in [0.2, 0.25) is 0 Å². The molecular weight excluding hydrogens is 396 g/mol. The molecule has 2 saturated carbocycles. The highest BCUT2D eigenvalue weighted by atomic mass is 32.2. The van der Waals surface area contributed by atoms with Crippen LogP contribution in [0.4, 0.5) is 0 Å². The van der Waals surface area contributed by atoms with Crippen LogP contribution in [0.5, 0.6) is 0 Å². The molecule has 5 nitrogen and oxygen atoms in total. The average Bonchev–Trinajstić information content (AvgIpc) is 3.38. The highest BCUT2D eigenvalue weighted by molar-refractivity contribution is 7.89. The molecule has 2 aromatic rings. The maximum Gasteiger partial charge on any atom is 0.251 e. The van der Waals surface area contributed by atoms with E-state index in [0.29, 0.717) is 17.5 Å². The molecule has 6 heteroatoms. The van der Waals surface area contributed by atoms with Crippen molar-refractivity contribution in [1.29, 1.82) is 0 Å². The fourth-order valence-electron chi connectivity index (χ4n) is 4.77. The smallest absolute Gasteiger partial charge is 0.251 e. The first-order valence-electron chi connectivity index (χ1n) is 10.5. The van der Waals surface area contributed by atoms with Gasteiger partial charge in [0, 0.05) is 24.7 Å². The van der Waals surface area contributed by atoms with Gasteiger partial charge in [-0.2, -0.15) is 4.31 Å². The van der Waals surface area contributed by atoms with Crippen LogP contribution in [0.15, 0.2) is 72.1 Å². The number of carbonyl (C=O) groups is 1. The molecule has 0 radical (unpaired) electrons. The van der Waals surface area contributed by atoms with Crippen LogP contribution < -0.4 is 5.32 Å². The molecule has 2 bridgehead atoms. The van der Waals surface area contributed by atoms with E-state index in [-0.39, 0.29) is 23.9 Å². The predicted molar refractivity (Wildman–Crippen MR) is 117 cm³/mol. The Bertz CT molecular complexity index is 1000. The van der Waals surface area contributed by atoms with E-state index >= 15 is 0 Å². The molecule has 0 heterocycles. The van der Waals surface area contributed by atoms with Crippen LogP contribution in [-0.4, -0.2) is 31.2 Å². The summed E-state index contributed by atoms with van der Waals surface area (Å²) in [5.74, 6) is 1.37. The van der Waals surface area contributed by atoms with Crippen LogP contribution in [0.25, 0.3) is 0 Å². The van der Waals surface area contributed by atoms with Crippen molar-refractivity contribution in [3.63, 3.8) is 0 Å². The van der Waals surface area contributed by atoms with Gasteiger partial charge in [0.25, 0.3) is 5.91 Å². The molecule has 2 aliphatic carbocycles. The zero-order valence-corrected chi connectivity index (χ0v) is 17.9. The molecule has 0 saturated heterocycles. The minimum absolute atomic E-state index is 0.0426. The molecule has 0 aromatic heterocycles. The molecule has 3 unspecified atom stereocenters. The zero-order valence-electron chi connectivity index (χ0n) is 17.0. The number of hydrogen-bond acceptors (Lipinski definition) is 3. The largest absolute Gasteiger partial charge is 0.349 e.